The van der Waals surface area contributed by atoms with Crippen molar-refractivity contribution >= 4 is 28.1 Å². The van der Waals surface area contributed by atoms with Gasteiger partial charge in [-0.25, -0.2) is 0 Å². The van der Waals surface area contributed by atoms with Crippen molar-refractivity contribution in [2.75, 3.05) is 11.1 Å². The number of nitrogens with one attached hydrogen (secondary N) is 1. The van der Waals surface area contributed by atoms with Crippen molar-refractivity contribution in [2.45, 2.75) is 19.8 Å². The zero-order valence-electron chi connectivity index (χ0n) is 10.0. The topological polar surface area (TPSA) is 80.9 Å². The number of nitrogens with two attached hydrogens (primary N) is 1. The molecular formula is C12H14N4OS. The summed E-state index contributed by atoms with van der Waals surface area (Å²) in [5.74, 6) is -0.221. The van der Waals surface area contributed by atoms with Gasteiger partial charge in [0, 0.05) is 17.7 Å². The van der Waals surface area contributed by atoms with E-state index in [2.05, 4.69) is 22.4 Å². The maximum absolute atomic E-state index is 11.9. The number of nitrogen functional groups attached to an aromatic ring is 1. The highest BCUT2D eigenvalue weighted by atomic mass is 32.1. The Balaban J connectivity index is 2.06. The summed E-state index contributed by atoms with van der Waals surface area (Å²) in [6.45, 7) is 2.08. The molecule has 0 saturated heterocycles. The van der Waals surface area contributed by atoms with E-state index in [1.54, 1.807) is 24.3 Å². The zero-order chi connectivity index (χ0) is 13.0. The molecule has 0 spiro atoms. The van der Waals surface area contributed by atoms with Crippen molar-refractivity contribution in [3.05, 3.63) is 34.8 Å². The highest BCUT2D eigenvalue weighted by molar-refractivity contribution is 7.15. The van der Waals surface area contributed by atoms with E-state index in [0.717, 1.165) is 17.8 Å². The summed E-state index contributed by atoms with van der Waals surface area (Å²) in [5, 5.41) is 12.1. The second kappa shape index (κ2) is 5.59. The fraction of sp³-hybridized carbons (Fsp3) is 0.250. The second-order valence-corrected chi connectivity index (χ2v) is 4.89. The minimum absolute atomic E-state index is 0.221. The Kier molecular flexibility index (Phi) is 3.88. The SMILES string of the molecule is CCCc1nnc(NC(=O)c2cccc(N)c2)s1. The van der Waals surface area contributed by atoms with Crippen molar-refractivity contribution in [1.82, 2.24) is 10.2 Å². The molecule has 0 bridgehead atoms. The van der Waals surface area contributed by atoms with Gasteiger partial charge in [0.2, 0.25) is 5.13 Å². The molecule has 18 heavy (non-hydrogen) atoms. The van der Waals surface area contributed by atoms with Gasteiger partial charge in [-0.05, 0) is 24.6 Å². The Morgan fingerprint density at radius 3 is 3.00 bits per heavy atom. The van der Waals surface area contributed by atoms with Gasteiger partial charge in [0.15, 0.2) is 0 Å². The molecule has 0 aliphatic rings. The molecule has 0 saturated carbocycles. The quantitative estimate of drug-likeness (QED) is 0.829. The summed E-state index contributed by atoms with van der Waals surface area (Å²) in [4.78, 5) is 11.9. The molecule has 2 aromatic rings. The van der Waals surface area contributed by atoms with Crippen LogP contribution >= 0.6 is 11.3 Å². The molecule has 1 amide bonds. The van der Waals surface area contributed by atoms with Crippen LogP contribution in [-0.4, -0.2) is 16.1 Å². The molecule has 2 rings (SSSR count). The van der Waals surface area contributed by atoms with Gasteiger partial charge < -0.3 is 5.73 Å². The van der Waals surface area contributed by atoms with Gasteiger partial charge in [-0.2, -0.15) is 0 Å². The molecule has 1 aromatic carbocycles. The first-order valence-corrected chi connectivity index (χ1v) is 6.50. The molecule has 3 N–H and O–H groups in total. The number of carbonyl (C=O) groups is 1. The summed E-state index contributed by atoms with van der Waals surface area (Å²) < 4.78 is 0. The third-order valence-electron chi connectivity index (χ3n) is 2.30. The van der Waals surface area contributed by atoms with Crippen LogP contribution in [0, 0.1) is 0 Å². The van der Waals surface area contributed by atoms with Gasteiger partial charge in [-0.15, -0.1) is 10.2 Å². The second-order valence-electron chi connectivity index (χ2n) is 3.83. The van der Waals surface area contributed by atoms with E-state index in [1.807, 2.05) is 0 Å². The molecule has 94 valence electrons. The van der Waals surface area contributed by atoms with Crippen LogP contribution in [0.3, 0.4) is 0 Å². The Morgan fingerprint density at radius 2 is 2.28 bits per heavy atom. The number of nitrogens with zero attached hydrogens (tertiary/aromatic N) is 2. The molecule has 1 heterocycles. The fourth-order valence-corrected chi connectivity index (χ4v) is 2.30. The number of aryl methyl sites for hydroxylation is 1. The van der Waals surface area contributed by atoms with Crippen LogP contribution in [0.5, 0.6) is 0 Å². The average molecular weight is 262 g/mol. The predicted octanol–water partition coefficient (Wildman–Crippen LogP) is 2.33. The van der Waals surface area contributed by atoms with Crippen LogP contribution in [0.1, 0.15) is 28.7 Å². The normalized spacial score (nSPS) is 10.3. The van der Waals surface area contributed by atoms with Gasteiger partial charge >= 0.3 is 0 Å². The number of anilines is 2. The van der Waals surface area contributed by atoms with Gasteiger partial charge in [0.05, 0.1) is 0 Å². The van der Waals surface area contributed by atoms with Crippen molar-refractivity contribution in [2.24, 2.45) is 0 Å². The lowest BCUT2D eigenvalue weighted by molar-refractivity contribution is 0.102. The van der Waals surface area contributed by atoms with Crippen LogP contribution < -0.4 is 11.1 Å². The van der Waals surface area contributed by atoms with Crippen LogP contribution in [-0.2, 0) is 6.42 Å². The van der Waals surface area contributed by atoms with E-state index in [1.165, 1.54) is 11.3 Å². The monoisotopic (exact) mass is 262 g/mol. The summed E-state index contributed by atoms with van der Waals surface area (Å²) in [6, 6.07) is 6.82. The molecule has 0 atom stereocenters. The van der Waals surface area contributed by atoms with Crippen molar-refractivity contribution in [1.29, 1.82) is 0 Å². The maximum atomic E-state index is 11.9. The lowest BCUT2D eigenvalue weighted by Crippen LogP contribution is -2.11. The number of amides is 1. The first-order chi connectivity index (χ1) is 8.69. The Hall–Kier alpha value is -1.95. The highest BCUT2D eigenvalue weighted by Crippen LogP contribution is 2.17. The maximum Gasteiger partial charge on any atom is 0.257 e. The third-order valence-corrected chi connectivity index (χ3v) is 3.20. The third kappa shape index (κ3) is 3.04. The molecule has 0 aliphatic carbocycles. The Labute approximate surface area is 109 Å². The Morgan fingerprint density at radius 1 is 1.44 bits per heavy atom. The standard InChI is InChI=1S/C12H14N4OS/c1-2-4-10-15-16-12(18-10)14-11(17)8-5-3-6-9(13)7-8/h3,5-7H,2,4,13H2,1H3,(H,14,16,17). The minimum Gasteiger partial charge on any atom is -0.399 e. The molecule has 0 aliphatic heterocycles. The summed E-state index contributed by atoms with van der Waals surface area (Å²) >= 11 is 1.40. The van der Waals surface area contributed by atoms with E-state index in [9.17, 15) is 4.79 Å². The molecule has 1 aromatic heterocycles. The summed E-state index contributed by atoms with van der Waals surface area (Å²) in [7, 11) is 0. The van der Waals surface area contributed by atoms with E-state index >= 15 is 0 Å². The fourth-order valence-electron chi connectivity index (χ4n) is 1.47. The number of rotatable bonds is 4. The zero-order valence-corrected chi connectivity index (χ0v) is 10.8. The number of aromatic nitrogens is 2. The smallest absolute Gasteiger partial charge is 0.257 e. The lowest BCUT2D eigenvalue weighted by atomic mass is 10.2. The van der Waals surface area contributed by atoms with E-state index in [4.69, 9.17) is 5.73 Å². The number of hydrogen-bond acceptors (Lipinski definition) is 5. The van der Waals surface area contributed by atoms with E-state index in [-0.39, 0.29) is 5.91 Å². The Bertz CT molecular complexity index is 553. The van der Waals surface area contributed by atoms with Crippen LogP contribution in [0.25, 0.3) is 0 Å². The molecule has 5 nitrogen and oxygen atoms in total. The number of hydrogen-bond donors (Lipinski definition) is 2. The van der Waals surface area contributed by atoms with Gasteiger partial charge in [0.1, 0.15) is 5.01 Å². The van der Waals surface area contributed by atoms with Crippen molar-refractivity contribution < 1.29 is 4.79 Å². The summed E-state index contributed by atoms with van der Waals surface area (Å²) in [5.41, 5.74) is 6.71. The summed E-state index contributed by atoms with van der Waals surface area (Å²) in [6.07, 6.45) is 1.89. The molecular weight excluding hydrogens is 248 g/mol. The minimum atomic E-state index is -0.221. The van der Waals surface area contributed by atoms with Crippen LogP contribution in [0.15, 0.2) is 24.3 Å². The number of carbonyl (C=O) groups excluding carboxylic acids is 1. The van der Waals surface area contributed by atoms with E-state index in [0.29, 0.717) is 16.4 Å². The lowest BCUT2D eigenvalue weighted by Gasteiger charge is -2.01. The van der Waals surface area contributed by atoms with Crippen molar-refractivity contribution in [3.8, 4) is 0 Å². The molecule has 0 unspecified atom stereocenters. The highest BCUT2D eigenvalue weighted by Gasteiger charge is 2.09. The van der Waals surface area contributed by atoms with Gasteiger partial charge in [-0.3, -0.25) is 10.1 Å². The molecule has 6 heteroatoms. The average Bonchev–Trinajstić information content (AvgIpc) is 2.77. The van der Waals surface area contributed by atoms with E-state index < -0.39 is 0 Å². The number of benzene rings is 1. The first-order valence-electron chi connectivity index (χ1n) is 5.68. The molecule has 0 fully saturated rings. The van der Waals surface area contributed by atoms with Crippen LogP contribution in [0.2, 0.25) is 0 Å². The predicted molar refractivity (Wildman–Crippen MR) is 72.7 cm³/mol. The van der Waals surface area contributed by atoms with Gasteiger partial charge in [0.25, 0.3) is 5.91 Å². The van der Waals surface area contributed by atoms with Gasteiger partial charge in [-0.1, -0.05) is 24.3 Å². The van der Waals surface area contributed by atoms with Crippen LogP contribution in [0.4, 0.5) is 10.8 Å². The molecule has 0 radical (unpaired) electrons. The van der Waals surface area contributed by atoms with Crippen molar-refractivity contribution in [3.63, 3.8) is 0 Å². The first kappa shape index (κ1) is 12.5. The largest absolute Gasteiger partial charge is 0.399 e.